The summed E-state index contributed by atoms with van der Waals surface area (Å²) in [6.07, 6.45) is 0. The van der Waals surface area contributed by atoms with Gasteiger partial charge in [-0.05, 0) is 39.8 Å². The average molecular weight is 367 g/mol. The molecule has 0 saturated heterocycles. The number of benzene rings is 1. The first kappa shape index (κ1) is 20.0. The van der Waals surface area contributed by atoms with Gasteiger partial charge in [0.15, 0.2) is 9.98 Å². The summed E-state index contributed by atoms with van der Waals surface area (Å²) in [6, 6.07) is 6.94. The van der Waals surface area contributed by atoms with Crippen molar-refractivity contribution in [1.82, 2.24) is 10.6 Å². The number of hydrogen-bond donors (Lipinski definition) is 4. The number of anilines is 2. The molecule has 0 aliphatic rings. The van der Waals surface area contributed by atoms with Gasteiger partial charge >= 0.3 is 0 Å². The van der Waals surface area contributed by atoms with Gasteiger partial charge in [0, 0.05) is 12.1 Å². The minimum atomic E-state index is -0.441. The lowest BCUT2D eigenvalue weighted by Crippen LogP contribution is -2.39. The Labute approximate surface area is 152 Å². The fraction of sp³-hybridized carbons (Fsp3) is 0.375. The maximum absolute atomic E-state index is 12.1. The van der Waals surface area contributed by atoms with Crippen LogP contribution in [0.25, 0.3) is 0 Å². The van der Waals surface area contributed by atoms with Crippen molar-refractivity contribution in [2.24, 2.45) is 0 Å². The van der Waals surface area contributed by atoms with Crippen LogP contribution in [0.5, 0.6) is 0 Å². The van der Waals surface area contributed by atoms with Gasteiger partial charge in [0.1, 0.15) is 0 Å². The van der Waals surface area contributed by atoms with Crippen LogP contribution in [0, 0.1) is 0 Å². The van der Waals surface area contributed by atoms with Gasteiger partial charge in [-0.2, -0.15) is 0 Å². The minimum Gasteiger partial charge on any atom is -0.370 e. The lowest BCUT2D eigenvalue weighted by Gasteiger charge is -2.15. The Balaban J connectivity index is 2.81. The monoisotopic (exact) mass is 366 g/mol. The van der Waals surface area contributed by atoms with E-state index >= 15 is 0 Å². The zero-order chi connectivity index (χ0) is 18.3. The van der Waals surface area contributed by atoms with Gasteiger partial charge in [-0.1, -0.05) is 36.6 Å². The predicted molar refractivity (Wildman–Crippen MR) is 105 cm³/mol. The quantitative estimate of drug-likeness (QED) is 0.612. The molecule has 1 rings (SSSR count). The van der Waals surface area contributed by atoms with E-state index in [0.717, 1.165) is 0 Å². The molecule has 2 amide bonds. The van der Waals surface area contributed by atoms with E-state index in [2.05, 4.69) is 21.3 Å². The van der Waals surface area contributed by atoms with E-state index in [-0.39, 0.29) is 22.1 Å². The van der Waals surface area contributed by atoms with Gasteiger partial charge in [-0.3, -0.25) is 9.59 Å². The first-order chi connectivity index (χ1) is 11.2. The molecule has 1 aromatic rings. The Morgan fingerprint density at radius 2 is 1.12 bits per heavy atom. The van der Waals surface area contributed by atoms with Crippen LogP contribution in [0.3, 0.4) is 0 Å². The van der Waals surface area contributed by atoms with Gasteiger partial charge in [0.05, 0.1) is 11.4 Å². The Morgan fingerprint density at radius 1 is 0.792 bits per heavy atom. The summed E-state index contributed by atoms with van der Waals surface area (Å²) in [5.74, 6) is -0.883. The molecule has 0 saturated carbocycles. The van der Waals surface area contributed by atoms with E-state index < -0.39 is 11.8 Å². The number of carbonyl (C=O) groups is 2. The number of carbonyl (C=O) groups excluding carboxylic acids is 2. The van der Waals surface area contributed by atoms with E-state index in [0.29, 0.717) is 11.4 Å². The van der Waals surface area contributed by atoms with Crippen LogP contribution in [0.1, 0.15) is 27.7 Å². The Hall–Kier alpha value is -2.06. The van der Waals surface area contributed by atoms with E-state index in [1.165, 1.54) is 0 Å². The molecular formula is C16H22N4O2S2. The SMILES string of the molecule is CC(C)NC(=S)C(=O)Nc1ccccc1NC(=O)C(=S)NC(C)C. The van der Waals surface area contributed by atoms with Gasteiger partial charge in [0.25, 0.3) is 11.8 Å². The van der Waals surface area contributed by atoms with E-state index in [9.17, 15) is 9.59 Å². The summed E-state index contributed by atoms with van der Waals surface area (Å²) in [5, 5.41) is 11.1. The fourth-order valence-corrected chi connectivity index (χ4v) is 2.29. The van der Waals surface area contributed by atoms with Gasteiger partial charge < -0.3 is 21.3 Å². The number of amides is 2. The third-order valence-corrected chi connectivity index (χ3v) is 3.28. The van der Waals surface area contributed by atoms with E-state index in [4.69, 9.17) is 24.4 Å². The number of thiocarbonyl (C=S) groups is 2. The number of hydrogen-bond acceptors (Lipinski definition) is 4. The van der Waals surface area contributed by atoms with Crippen molar-refractivity contribution in [3.05, 3.63) is 24.3 Å². The summed E-state index contributed by atoms with van der Waals surface area (Å²) in [4.78, 5) is 24.4. The molecule has 0 radical (unpaired) electrons. The summed E-state index contributed by atoms with van der Waals surface area (Å²) in [5.41, 5.74) is 0.882. The molecule has 0 spiro atoms. The summed E-state index contributed by atoms with van der Waals surface area (Å²) in [6.45, 7) is 7.54. The van der Waals surface area contributed by atoms with Crippen LogP contribution >= 0.6 is 24.4 Å². The Kier molecular flexibility index (Phi) is 7.73. The maximum Gasteiger partial charge on any atom is 0.283 e. The maximum atomic E-state index is 12.1. The Morgan fingerprint density at radius 3 is 1.42 bits per heavy atom. The van der Waals surface area contributed by atoms with Crippen molar-refractivity contribution in [2.45, 2.75) is 39.8 Å². The average Bonchev–Trinajstić information content (AvgIpc) is 2.47. The third-order valence-electron chi connectivity index (χ3n) is 2.68. The molecule has 24 heavy (non-hydrogen) atoms. The van der Waals surface area contributed by atoms with E-state index in [1.54, 1.807) is 24.3 Å². The summed E-state index contributed by atoms with van der Waals surface area (Å²) < 4.78 is 0. The molecular weight excluding hydrogens is 344 g/mol. The summed E-state index contributed by atoms with van der Waals surface area (Å²) >= 11 is 10.1. The molecule has 0 heterocycles. The second-order valence-corrected chi connectivity index (χ2v) is 6.53. The highest BCUT2D eigenvalue weighted by Crippen LogP contribution is 2.21. The molecule has 8 heteroatoms. The molecule has 6 nitrogen and oxygen atoms in total. The molecule has 130 valence electrons. The largest absolute Gasteiger partial charge is 0.370 e. The van der Waals surface area contributed by atoms with Crippen LogP contribution in [0.2, 0.25) is 0 Å². The van der Waals surface area contributed by atoms with Crippen LogP contribution in [-0.4, -0.2) is 33.9 Å². The van der Waals surface area contributed by atoms with Crippen LogP contribution in [0.15, 0.2) is 24.3 Å². The number of rotatable bonds is 4. The summed E-state index contributed by atoms with van der Waals surface area (Å²) in [7, 11) is 0. The van der Waals surface area contributed by atoms with Crippen molar-refractivity contribution >= 4 is 57.6 Å². The highest BCUT2D eigenvalue weighted by molar-refractivity contribution is 7.82. The Bertz CT molecular complexity index is 590. The molecule has 1 aromatic carbocycles. The van der Waals surface area contributed by atoms with Gasteiger partial charge in [-0.15, -0.1) is 0 Å². The molecule has 0 aliphatic carbocycles. The molecule has 0 fully saturated rings. The smallest absolute Gasteiger partial charge is 0.283 e. The molecule has 0 unspecified atom stereocenters. The fourth-order valence-electron chi connectivity index (χ4n) is 1.71. The van der Waals surface area contributed by atoms with Gasteiger partial charge in [0.2, 0.25) is 0 Å². The predicted octanol–water partition coefficient (Wildman–Crippen LogP) is 2.21. The lowest BCUT2D eigenvalue weighted by atomic mass is 10.2. The third kappa shape index (κ3) is 6.59. The first-order valence-corrected chi connectivity index (χ1v) is 8.35. The van der Waals surface area contributed by atoms with Crippen LogP contribution < -0.4 is 21.3 Å². The van der Waals surface area contributed by atoms with Crippen molar-refractivity contribution in [3.8, 4) is 0 Å². The standard InChI is InChI=1S/C16H22N4O2S2/c1-9(2)17-15(23)13(21)19-11-7-5-6-8-12(11)20-14(22)16(24)18-10(3)4/h5-10H,1-4H3,(H,17,23)(H,18,24)(H,19,21)(H,20,22). The van der Waals surface area contributed by atoms with Crippen LogP contribution in [0.4, 0.5) is 11.4 Å². The number of nitrogens with one attached hydrogen (secondary N) is 4. The first-order valence-electron chi connectivity index (χ1n) is 7.53. The molecule has 0 atom stereocenters. The second-order valence-electron chi connectivity index (χ2n) is 5.71. The van der Waals surface area contributed by atoms with Gasteiger partial charge in [-0.25, -0.2) is 0 Å². The normalized spacial score (nSPS) is 10.2. The molecule has 4 N–H and O–H groups in total. The second kappa shape index (κ2) is 9.29. The van der Waals surface area contributed by atoms with Crippen molar-refractivity contribution in [3.63, 3.8) is 0 Å². The molecule has 0 aromatic heterocycles. The van der Waals surface area contributed by atoms with Crippen molar-refractivity contribution in [1.29, 1.82) is 0 Å². The highest BCUT2D eigenvalue weighted by atomic mass is 32.1. The lowest BCUT2D eigenvalue weighted by molar-refractivity contribution is -0.111. The zero-order valence-corrected chi connectivity index (χ0v) is 15.7. The minimum absolute atomic E-state index is 0.0534. The topological polar surface area (TPSA) is 82.3 Å². The molecule has 0 bridgehead atoms. The molecule has 0 aliphatic heterocycles. The zero-order valence-electron chi connectivity index (χ0n) is 14.1. The highest BCUT2D eigenvalue weighted by Gasteiger charge is 2.15. The number of para-hydroxylation sites is 2. The van der Waals surface area contributed by atoms with Crippen molar-refractivity contribution < 1.29 is 9.59 Å². The van der Waals surface area contributed by atoms with Crippen LogP contribution in [-0.2, 0) is 9.59 Å². The van der Waals surface area contributed by atoms with Crippen molar-refractivity contribution in [2.75, 3.05) is 10.6 Å². The van der Waals surface area contributed by atoms with E-state index in [1.807, 2.05) is 27.7 Å².